The van der Waals surface area contributed by atoms with Gasteiger partial charge < -0.3 is 5.11 Å². The number of Topliss-reactive ketones (excluding diaryl/α,β-unsaturated/α-hetero) is 1. The highest BCUT2D eigenvalue weighted by atomic mass is 16.3. The van der Waals surface area contributed by atoms with Gasteiger partial charge in [0.2, 0.25) is 0 Å². The van der Waals surface area contributed by atoms with Crippen LogP contribution in [0.4, 0.5) is 0 Å². The SMILES string of the molecule is CC(C)CCC[C@@H](C)[C@H]1CC[C@H]2[C@@H]3CC=C4C[C@H](O)CC[C@]4(C)[C@H]3CC(=O)[C@]12C. The first-order chi connectivity index (χ1) is 13.7. The maximum atomic E-state index is 13.8. The van der Waals surface area contributed by atoms with Crippen molar-refractivity contribution < 1.29 is 9.90 Å². The monoisotopic (exact) mass is 400 g/mol. The lowest BCUT2D eigenvalue weighted by Gasteiger charge is -2.57. The minimum Gasteiger partial charge on any atom is -0.393 e. The van der Waals surface area contributed by atoms with Gasteiger partial charge in [-0.1, -0.05) is 65.5 Å². The molecule has 3 fully saturated rings. The number of ketones is 1. The van der Waals surface area contributed by atoms with Crippen LogP contribution in [0, 0.1) is 46.3 Å². The molecule has 0 aliphatic heterocycles. The Morgan fingerprint density at radius 2 is 1.83 bits per heavy atom. The van der Waals surface area contributed by atoms with E-state index in [0.717, 1.165) is 38.0 Å². The Bertz CT molecular complexity index is 663. The number of carbonyl (C=O) groups excluding carboxylic acids is 1. The molecule has 0 radical (unpaired) electrons. The Morgan fingerprint density at radius 3 is 2.55 bits per heavy atom. The van der Waals surface area contributed by atoms with Gasteiger partial charge in [0.15, 0.2) is 0 Å². The predicted molar refractivity (Wildman–Crippen MR) is 119 cm³/mol. The summed E-state index contributed by atoms with van der Waals surface area (Å²) in [6, 6.07) is 0. The van der Waals surface area contributed by atoms with Crippen molar-refractivity contribution in [2.75, 3.05) is 0 Å². The zero-order valence-electron chi connectivity index (χ0n) is 19.5. The van der Waals surface area contributed by atoms with Crippen molar-refractivity contribution in [1.29, 1.82) is 0 Å². The fraction of sp³-hybridized carbons (Fsp3) is 0.889. The van der Waals surface area contributed by atoms with Crippen molar-refractivity contribution in [3.05, 3.63) is 11.6 Å². The van der Waals surface area contributed by atoms with E-state index in [1.165, 1.54) is 37.7 Å². The molecule has 0 amide bonds. The molecule has 29 heavy (non-hydrogen) atoms. The molecule has 0 unspecified atom stereocenters. The molecular weight excluding hydrogens is 356 g/mol. The van der Waals surface area contributed by atoms with E-state index >= 15 is 0 Å². The molecule has 4 aliphatic rings. The van der Waals surface area contributed by atoms with Crippen molar-refractivity contribution in [2.24, 2.45) is 46.3 Å². The maximum absolute atomic E-state index is 13.8. The van der Waals surface area contributed by atoms with Gasteiger partial charge in [-0.2, -0.15) is 0 Å². The van der Waals surface area contributed by atoms with Gasteiger partial charge in [-0.05, 0) is 79.4 Å². The summed E-state index contributed by atoms with van der Waals surface area (Å²) in [4.78, 5) is 13.8. The van der Waals surface area contributed by atoms with Crippen molar-refractivity contribution >= 4 is 5.78 Å². The summed E-state index contributed by atoms with van der Waals surface area (Å²) < 4.78 is 0. The first-order valence-electron chi connectivity index (χ1n) is 12.6. The van der Waals surface area contributed by atoms with E-state index < -0.39 is 0 Å². The van der Waals surface area contributed by atoms with E-state index in [4.69, 9.17) is 0 Å². The summed E-state index contributed by atoms with van der Waals surface area (Å²) in [5, 5.41) is 10.2. The van der Waals surface area contributed by atoms with Crippen LogP contribution in [0.1, 0.15) is 98.8 Å². The molecule has 3 saturated carbocycles. The van der Waals surface area contributed by atoms with E-state index in [1.54, 1.807) is 0 Å². The van der Waals surface area contributed by atoms with Crippen molar-refractivity contribution in [3.63, 3.8) is 0 Å². The zero-order valence-corrected chi connectivity index (χ0v) is 19.5. The van der Waals surface area contributed by atoms with Crippen LogP contribution in [0.3, 0.4) is 0 Å². The minimum absolute atomic E-state index is 0.0890. The Labute approximate surface area is 178 Å². The topological polar surface area (TPSA) is 37.3 Å². The number of fused-ring (bicyclic) bond motifs is 5. The highest BCUT2D eigenvalue weighted by Gasteiger charge is 2.62. The fourth-order valence-electron chi connectivity index (χ4n) is 8.34. The van der Waals surface area contributed by atoms with Crippen LogP contribution in [0.15, 0.2) is 11.6 Å². The number of carbonyl (C=O) groups is 1. The Hall–Kier alpha value is -0.630. The summed E-state index contributed by atoms with van der Waals surface area (Å²) in [6.45, 7) is 11.8. The highest BCUT2D eigenvalue weighted by Crippen LogP contribution is 2.66. The van der Waals surface area contributed by atoms with E-state index in [1.807, 2.05) is 0 Å². The quantitative estimate of drug-likeness (QED) is 0.530. The number of hydrogen-bond acceptors (Lipinski definition) is 2. The summed E-state index contributed by atoms with van der Waals surface area (Å²) in [5.74, 6) is 4.37. The minimum atomic E-state index is -0.169. The summed E-state index contributed by atoms with van der Waals surface area (Å²) >= 11 is 0. The molecule has 0 aromatic heterocycles. The van der Waals surface area contributed by atoms with Crippen LogP contribution in [0.2, 0.25) is 0 Å². The standard InChI is InChI=1S/C27H44O2/c1-17(2)7-6-8-18(3)22-11-12-23-21-10-9-19-15-20(28)13-14-26(19,4)24(21)16-25(29)27(22,23)5/h9,17-18,20-24,28H,6-8,10-16H2,1-5H3/t18-,20-,21+,22-,23+,24+,26+,27-/m1/s1. The van der Waals surface area contributed by atoms with Crippen LogP contribution in [0.25, 0.3) is 0 Å². The van der Waals surface area contributed by atoms with E-state index in [0.29, 0.717) is 35.4 Å². The lowest BCUT2D eigenvalue weighted by atomic mass is 9.46. The van der Waals surface area contributed by atoms with Gasteiger partial charge in [0.25, 0.3) is 0 Å². The first kappa shape index (κ1) is 21.6. The summed E-state index contributed by atoms with van der Waals surface area (Å²) in [7, 11) is 0. The van der Waals surface area contributed by atoms with Gasteiger partial charge in [-0.3, -0.25) is 4.79 Å². The third kappa shape index (κ3) is 3.46. The molecule has 0 aromatic rings. The number of allylic oxidation sites excluding steroid dienone is 1. The largest absolute Gasteiger partial charge is 0.393 e. The Morgan fingerprint density at radius 1 is 1.07 bits per heavy atom. The lowest BCUT2D eigenvalue weighted by Crippen LogP contribution is -2.55. The van der Waals surface area contributed by atoms with Gasteiger partial charge in [-0.25, -0.2) is 0 Å². The molecule has 8 atom stereocenters. The number of aliphatic hydroxyl groups is 1. The second-order valence-corrected chi connectivity index (χ2v) is 12.1. The molecule has 2 nitrogen and oxygen atoms in total. The Kier molecular flexibility index (Phi) is 5.82. The fourth-order valence-corrected chi connectivity index (χ4v) is 8.34. The van der Waals surface area contributed by atoms with Gasteiger partial charge in [-0.15, -0.1) is 0 Å². The second kappa shape index (κ2) is 7.81. The molecule has 2 heteroatoms. The molecule has 1 N–H and O–H groups in total. The molecule has 4 rings (SSSR count). The number of rotatable bonds is 5. The molecule has 0 saturated heterocycles. The number of aliphatic hydroxyl groups excluding tert-OH is 1. The highest BCUT2D eigenvalue weighted by molar-refractivity contribution is 5.87. The molecule has 0 spiro atoms. The summed E-state index contributed by atoms with van der Waals surface area (Å²) in [5.41, 5.74) is 1.53. The van der Waals surface area contributed by atoms with Crippen molar-refractivity contribution in [1.82, 2.24) is 0 Å². The average molecular weight is 401 g/mol. The van der Waals surface area contributed by atoms with Crippen LogP contribution in [-0.4, -0.2) is 17.0 Å². The van der Waals surface area contributed by atoms with Crippen LogP contribution in [-0.2, 0) is 4.79 Å². The summed E-state index contributed by atoms with van der Waals surface area (Å²) in [6.07, 6.45) is 13.5. The van der Waals surface area contributed by atoms with Crippen LogP contribution in [0.5, 0.6) is 0 Å². The van der Waals surface area contributed by atoms with Gasteiger partial charge in [0, 0.05) is 11.8 Å². The molecular formula is C27H44O2. The molecule has 0 aromatic carbocycles. The molecule has 0 heterocycles. The predicted octanol–water partition coefficient (Wildman–Crippen LogP) is 6.57. The first-order valence-corrected chi connectivity index (χ1v) is 12.6. The van der Waals surface area contributed by atoms with Gasteiger partial charge in [0.1, 0.15) is 5.78 Å². The van der Waals surface area contributed by atoms with Gasteiger partial charge >= 0.3 is 0 Å². The van der Waals surface area contributed by atoms with Crippen molar-refractivity contribution in [2.45, 2.75) is 105 Å². The van der Waals surface area contributed by atoms with E-state index in [-0.39, 0.29) is 16.9 Å². The molecule has 0 bridgehead atoms. The van der Waals surface area contributed by atoms with Crippen molar-refractivity contribution in [3.8, 4) is 0 Å². The smallest absolute Gasteiger partial charge is 0.139 e. The second-order valence-electron chi connectivity index (χ2n) is 12.1. The lowest BCUT2D eigenvalue weighted by molar-refractivity contribution is -0.147. The third-order valence-electron chi connectivity index (χ3n) is 10.1. The van der Waals surface area contributed by atoms with E-state index in [2.05, 4.69) is 40.7 Å². The molecule has 164 valence electrons. The zero-order chi connectivity index (χ0) is 21.0. The third-order valence-corrected chi connectivity index (χ3v) is 10.1. The molecule has 4 aliphatic carbocycles. The van der Waals surface area contributed by atoms with Crippen LogP contribution < -0.4 is 0 Å². The maximum Gasteiger partial charge on any atom is 0.139 e. The average Bonchev–Trinajstić information content (AvgIpc) is 3.02. The Balaban J connectivity index is 1.55. The van der Waals surface area contributed by atoms with E-state index in [9.17, 15) is 9.90 Å². The normalized spacial score (nSPS) is 45.4. The van der Waals surface area contributed by atoms with Crippen LogP contribution >= 0.6 is 0 Å². The number of hydrogen-bond donors (Lipinski definition) is 1. The van der Waals surface area contributed by atoms with Gasteiger partial charge in [0.05, 0.1) is 6.10 Å².